The summed E-state index contributed by atoms with van der Waals surface area (Å²) in [4.78, 5) is 36.0. The van der Waals surface area contributed by atoms with E-state index in [1.807, 2.05) is 30.3 Å². The van der Waals surface area contributed by atoms with Gasteiger partial charge in [0.1, 0.15) is 5.75 Å². The Balaban J connectivity index is 1.38. The van der Waals surface area contributed by atoms with Crippen molar-refractivity contribution < 1.29 is 19.1 Å². The minimum absolute atomic E-state index is 0.0312. The normalized spacial score (nSPS) is 14.9. The van der Waals surface area contributed by atoms with Crippen LogP contribution in [0, 0.1) is 0 Å². The summed E-state index contributed by atoms with van der Waals surface area (Å²) in [7, 11) is 0. The van der Waals surface area contributed by atoms with Crippen LogP contribution >= 0.6 is 0 Å². The van der Waals surface area contributed by atoms with Crippen molar-refractivity contribution >= 4 is 23.9 Å². The summed E-state index contributed by atoms with van der Waals surface area (Å²) < 4.78 is 5.53. The molecule has 1 atom stereocenters. The van der Waals surface area contributed by atoms with E-state index in [0.29, 0.717) is 11.3 Å². The number of ether oxygens (including phenoxy) is 1. The number of amides is 3. The molecule has 0 spiro atoms. The molecule has 0 bridgehead atoms. The van der Waals surface area contributed by atoms with Crippen molar-refractivity contribution in [2.45, 2.75) is 51.1 Å². The van der Waals surface area contributed by atoms with Crippen molar-refractivity contribution in [3.05, 3.63) is 65.7 Å². The number of nitrogens with zero attached hydrogens (tertiary/aromatic N) is 1. The minimum atomic E-state index is -0.849. The van der Waals surface area contributed by atoms with E-state index in [1.165, 1.54) is 12.6 Å². The molecule has 33 heavy (non-hydrogen) atoms. The number of carbonyl (C=O) groups is 3. The average Bonchev–Trinajstić information content (AvgIpc) is 2.84. The summed E-state index contributed by atoms with van der Waals surface area (Å²) in [5, 5.41) is 9.46. The quantitative estimate of drug-likeness (QED) is 0.326. The molecule has 3 rings (SSSR count). The van der Waals surface area contributed by atoms with Crippen molar-refractivity contribution in [1.29, 1.82) is 0 Å². The van der Waals surface area contributed by atoms with Crippen LogP contribution in [0.1, 0.15) is 56.2 Å². The number of carbonyl (C=O) groups excluding carboxylic acids is 3. The third-order valence-corrected chi connectivity index (χ3v) is 5.45. The molecule has 0 saturated heterocycles. The van der Waals surface area contributed by atoms with Gasteiger partial charge in [0.2, 0.25) is 0 Å². The molecule has 1 aliphatic carbocycles. The number of hydrogen-bond donors (Lipinski definition) is 3. The second-order valence-corrected chi connectivity index (χ2v) is 8.07. The van der Waals surface area contributed by atoms with Crippen LogP contribution in [-0.2, 0) is 14.4 Å². The van der Waals surface area contributed by atoms with Crippen LogP contribution in [-0.4, -0.2) is 36.6 Å². The van der Waals surface area contributed by atoms with E-state index in [4.69, 9.17) is 4.74 Å². The van der Waals surface area contributed by atoms with Gasteiger partial charge in [-0.3, -0.25) is 14.4 Å². The maximum absolute atomic E-state index is 12.0. The fourth-order valence-corrected chi connectivity index (χ4v) is 3.62. The lowest BCUT2D eigenvalue weighted by molar-refractivity contribution is -0.139. The Morgan fingerprint density at radius 2 is 1.70 bits per heavy atom. The summed E-state index contributed by atoms with van der Waals surface area (Å²) in [6.45, 7) is 1.77. The van der Waals surface area contributed by atoms with Crippen molar-refractivity contribution in [1.82, 2.24) is 16.1 Å². The zero-order valence-electron chi connectivity index (χ0n) is 18.8. The van der Waals surface area contributed by atoms with Gasteiger partial charge in [-0.1, -0.05) is 49.6 Å². The van der Waals surface area contributed by atoms with Crippen LogP contribution in [0.2, 0.25) is 0 Å². The average molecular weight is 451 g/mol. The van der Waals surface area contributed by atoms with Crippen LogP contribution in [0.3, 0.4) is 0 Å². The van der Waals surface area contributed by atoms with Gasteiger partial charge in [0.25, 0.3) is 5.91 Å². The van der Waals surface area contributed by atoms with Gasteiger partial charge in [-0.25, -0.2) is 5.43 Å². The second kappa shape index (κ2) is 12.4. The predicted molar refractivity (Wildman–Crippen MR) is 126 cm³/mol. The lowest BCUT2D eigenvalue weighted by Crippen LogP contribution is -2.39. The van der Waals surface area contributed by atoms with Crippen LogP contribution in [0.4, 0.5) is 0 Å². The number of hydrazone groups is 1. The van der Waals surface area contributed by atoms with E-state index in [-0.39, 0.29) is 24.6 Å². The highest BCUT2D eigenvalue weighted by Gasteiger charge is 2.17. The Kier molecular flexibility index (Phi) is 8.99. The highest BCUT2D eigenvalue weighted by Crippen LogP contribution is 2.17. The number of nitrogens with one attached hydrogen (secondary N) is 3. The first-order valence-corrected chi connectivity index (χ1v) is 11.2. The fraction of sp³-hybridized carbons (Fsp3) is 0.360. The number of hydrogen-bond acceptors (Lipinski definition) is 5. The van der Waals surface area contributed by atoms with Gasteiger partial charge in [0.15, 0.2) is 6.61 Å². The Morgan fingerprint density at radius 3 is 2.39 bits per heavy atom. The standard InChI is InChI=1S/C25H30N4O4/c1-18(20-8-4-2-5-9-20)27-24(31)25(32)29-26-16-19-12-14-22(15-13-19)33-17-23(30)28-21-10-6-3-7-11-21/h2,4-5,8-9,12-16,18,21H,3,6-7,10-11,17H2,1H3,(H,27,31)(H,28,30)(H,29,32)/b26-16-/t18-/m0/s1. The number of rotatable bonds is 8. The SMILES string of the molecule is C[C@H](NC(=O)C(=O)N/N=C\c1ccc(OCC(=O)NC2CCCCC2)cc1)c1ccccc1. The lowest BCUT2D eigenvalue weighted by atomic mass is 9.95. The molecule has 8 heteroatoms. The third-order valence-electron chi connectivity index (χ3n) is 5.45. The van der Waals surface area contributed by atoms with Gasteiger partial charge in [-0.2, -0.15) is 5.10 Å². The van der Waals surface area contributed by atoms with E-state index in [2.05, 4.69) is 21.2 Å². The van der Waals surface area contributed by atoms with Crippen molar-refractivity contribution in [3.63, 3.8) is 0 Å². The topological polar surface area (TPSA) is 109 Å². The summed E-state index contributed by atoms with van der Waals surface area (Å²) >= 11 is 0. The summed E-state index contributed by atoms with van der Waals surface area (Å²) in [6.07, 6.45) is 7.04. The van der Waals surface area contributed by atoms with Gasteiger partial charge < -0.3 is 15.4 Å². The van der Waals surface area contributed by atoms with E-state index < -0.39 is 11.8 Å². The Morgan fingerprint density at radius 1 is 1.00 bits per heavy atom. The van der Waals surface area contributed by atoms with E-state index in [1.54, 1.807) is 31.2 Å². The maximum atomic E-state index is 12.0. The molecule has 3 N–H and O–H groups in total. The monoisotopic (exact) mass is 450 g/mol. The van der Waals surface area contributed by atoms with Crippen molar-refractivity contribution in [2.75, 3.05) is 6.61 Å². The molecule has 0 aliphatic heterocycles. The van der Waals surface area contributed by atoms with Crippen LogP contribution in [0.5, 0.6) is 5.75 Å². The summed E-state index contributed by atoms with van der Waals surface area (Å²) in [5.41, 5.74) is 3.82. The van der Waals surface area contributed by atoms with Crippen molar-refractivity contribution in [2.24, 2.45) is 5.10 Å². The first-order chi connectivity index (χ1) is 16.0. The highest BCUT2D eigenvalue weighted by molar-refractivity contribution is 6.35. The van der Waals surface area contributed by atoms with E-state index in [0.717, 1.165) is 31.2 Å². The largest absolute Gasteiger partial charge is 0.484 e. The zero-order chi connectivity index (χ0) is 23.5. The first-order valence-electron chi connectivity index (χ1n) is 11.2. The third kappa shape index (κ3) is 8.07. The molecular formula is C25H30N4O4. The summed E-state index contributed by atoms with van der Waals surface area (Å²) in [5.74, 6) is -1.17. The van der Waals surface area contributed by atoms with Gasteiger partial charge in [0.05, 0.1) is 12.3 Å². The van der Waals surface area contributed by atoms with Crippen LogP contribution in [0.25, 0.3) is 0 Å². The van der Waals surface area contributed by atoms with Gasteiger partial charge in [-0.15, -0.1) is 0 Å². The Labute approximate surface area is 193 Å². The molecule has 2 aromatic carbocycles. The molecule has 2 aromatic rings. The molecule has 1 saturated carbocycles. The molecule has 0 radical (unpaired) electrons. The molecule has 0 unspecified atom stereocenters. The number of benzene rings is 2. The fourth-order valence-electron chi connectivity index (χ4n) is 3.62. The van der Waals surface area contributed by atoms with E-state index in [9.17, 15) is 14.4 Å². The van der Waals surface area contributed by atoms with Crippen LogP contribution < -0.4 is 20.8 Å². The van der Waals surface area contributed by atoms with Gasteiger partial charge in [-0.05, 0) is 55.2 Å². The second-order valence-electron chi connectivity index (χ2n) is 8.07. The smallest absolute Gasteiger partial charge is 0.329 e. The maximum Gasteiger partial charge on any atom is 0.329 e. The molecular weight excluding hydrogens is 420 g/mol. The predicted octanol–water partition coefficient (Wildman–Crippen LogP) is 2.84. The lowest BCUT2D eigenvalue weighted by Gasteiger charge is -2.22. The van der Waals surface area contributed by atoms with Gasteiger partial charge in [0, 0.05) is 6.04 Å². The minimum Gasteiger partial charge on any atom is -0.484 e. The zero-order valence-corrected chi connectivity index (χ0v) is 18.8. The van der Waals surface area contributed by atoms with Gasteiger partial charge >= 0.3 is 11.8 Å². The Hall–Kier alpha value is -3.68. The summed E-state index contributed by atoms with van der Waals surface area (Å²) in [6, 6.07) is 16.2. The highest BCUT2D eigenvalue weighted by atomic mass is 16.5. The molecule has 1 aliphatic rings. The molecule has 3 amide bonds. The van der Waals surface area contributed by atoms with Crippen LogP contribution in [0.15, 0.2) is 59.7 Å². The molecule has 0 heterocycles. The Bertz CT molecular complexity index is 954. The molecule has 174 valence electrons. The van der Waals surface area contributed by atoms with Crippen molar-refractivity contribution in [3.8, 4) is 5.75 Å². The molecule has 1 fully saturated rings. The first kappa shape index (κ1) is 24.0. The molecule has 0 aromatic heterocycles. The molecule has 8 nitrogen and oxygen atoms in total. The van der Waals surface area contributed by atoms with E-state index >= 15 is 0 Å².